The van der Waals surface area contributed by atoms with Crippen molar-refractivity contribution in [2.75, 3.05) is 11.9 Å². The Morgan fingerprint density at radius 2 is 1.79 bits per heavy atom. The van der Waals surface area contributed by atoms with E-state index in [0.717, 1.165) is 34.9 Å². The van der Waals surface area contributed by atoms with Gasteiger partial charge in [-0.15, -0.1) is 0 Å². The van der Waals surface area contributed by atoms with Crippen LogP contribution in [0.3, 0.4) is 0 Å². The van der Waals surface area contributed by atoms with E-state index in [-0.39, 0.29) is 11.3 Å². The van der Waals surface area contributed by atoms with E-state index in [0.29, 0.717) is 6.54 Å². The number of carbonyl (C=O) groups excluding carboxylic acids is 1. The van der Waals surface area contributed by atoms with Crippen molar-refractivity contribution in [2.24, 2.45) is 5.41 Å². The van der Waals surface area contributed by atoms with E-state index in [1.54, 1.807) is 0 Å². The van der Waals surface area contributed by atoms with Crippen LogP contribution < -0.4 is 5.32 Å². The van der Waals surface area contributed by atoms with Crippen molar-refractivity contribution in [1.82, 2.24) is 5.32 Å². The minimum Gasteiger partial charge on any atom is -0.352 e. The molecular weight excluding hydrogens is 302 g/mol. The van der Waals surface area contributed by atoms with Gasteiger partial charge in [-0.2, -0.15) is 0 Å². The SMILES string of the molecule is Cc1cc(C)cc(C(=O)NCC(C)(C)CCCBr)c1. The first-order chi connectivity index (χ1) is 8.84. The number of alkyl halides is 1. The maximum Gasteiger partial charge on any atom is 0.251 e. The Bertz CT molecular complexity index is 420. The molecule has 0 aromatic heterocycles. The normalized spacial score (nSPS) is 11.4. The van der Waals surface area contributed by atoms with Crippen LogP contribution in [0.1, 0.15) is 48.2 Å². The van der Waals surface area contributed by atoms with Crippen LogP contribution in [0.5, 0.6) is 0 Å². The van der Waals surface area contributed by atoms with Crippen molar-refractivity contribution >= 4 is 21.8 Å². The van der Waals surface area contributed by atoms with Crippen molar-refractivity contribution in [3.8, 4) is 0 Å². The number of hydrogen-bond acceptors (Lipinski definition) is 1. The van der Waals surface area contributed by atoms with Gasteiger partial charge in [-0.1, -0.05) is 47.0 Å². The van der Waals surface area contributed by atoms with Crippen LogP contribution in [0.4, 0.5) is 0 Å². The Labute approximate surface area is 125 Å². The molecule has 1 amide bonds. The smallest absolute Gasteiger partial charge is 0.251 e. The lowest BCUT2D eigenvalue weighted by Gasteiger charge is -2.24. The number of halogens is 1. The molecule has 0 aliphatic rings. The topological polar surface area (TPSA) is 29.1 Å². The summed E-state index contributed by atoms with van der Waals surface area (Å²) in [7, 11) is 0. The molecule has 0 aliphatic carbocycles. The van der Waals surface area contributed by atoms with Gasteiger partial charge in [0.05, 0.1) is 0 Å². The zero-order valence-corrected chi connectivity index (χ0v) is 13.9. The largest absolute Gasteiger partial charge is 0.352 e. The molecule has 0 atom stereocenters. The lowest BCUT2D eigenvalue weighted by Crippen LogP contribution is -2.34. The third-order valence-electron chi connectivity index (χ3n) is 3.20. The fraction of sp³-hybridized carbons (Fsp3) is 0.562. The van der Waals surface area contributed by atoms with Gasteiger partial charge in [-0.05, 0) is 44.2 Å². The monoisotopic (exact) mass is 325 g/mol. The molecule has 0 saturated carbocycles. The molecule has 0 aliphatic heterocycles. The van der Waals surface area contributed by atoms with Crippen molar-refractivity contribution in [3.05, 3.63) is 34.9 Å². The maximum atomic E-state index is 12.1. The predicted molar refractivity (Wildman–Crippen MR) is 85.1 cm³/mol. The van der Waals surface area contributed by atoms with Gasteiger partial charge in [-0.25, -0.2) is 0 Å². The van der Waals surface area contributed by atoms with E-state index < -0.39 is 0 Å². The molecule has 19 heavy (non-hydrogen) atoms. The van der Waals surface area contributed by atoms with E-state index >= 15 is 0 Å². The highest BCUT2D eigenvalue weighted by atomic mass is 79.9. The molecule has 1 aromatic rings. The lowest BCUT2D eigenvalue weighted by molar-refractivity contribution is 0.0934. The Morgan fingerprint density at radius 3 is 2.32 bits per heavy atom. The van der Waals surface area contributed by atoms with Crippen LogP contribution in [-0.4, -0.2) is 17.8 Å². The van der Waals surface area contributed by atoms with E-state index in [2.05, 4.69) is 41.2 Å². The zero-order chi connectivity index (χ0) is 14.5. The number of hydrogen-bond donors (Lipinski definition) is 1. The summed E-state index contributed by atoms with van der Waals surface area (Å²) < 4.78 is 0. The average molecular weight is 326 g/mol. The van der Waals surface area contributed by atoms with E-state index in [9.17, 15) is 4.79 Å². The van der Waals surface area contributed by atoms with E-state index in [1.807, 2.05) is 26.0 Å². The summed E-state index contributed by atoms with van der Waals surface area (Å²) >= 11 is 3.45. The fourth-order valence-corrected chi connectivity index (χ4v) is 2.44. The fourth-order valence-electron chi connectivity index (χ4n) is 2.16. The second kappa shape index (κ2) is 7.09. The molecule has 3 heteroatoms. The molecule has 0 heterocycles. The van der Waals surface area contributed by atoms with Crippen molar-refractivity contribution in [2.45, 2.75) is 40.5 Å². The average Bonchev–Trinajstić information content (AvgIpc) is 2.32. The molecule has 0 radical (unpaired) electrons. The number of rotatable bonds is 6. The van der Waals surface area contributed by atoms with Crippen LogP contribution in [-0.2, 0) is 0 Å². The molecule has 0 spiro atoms. The second-order valence-corrected chi connectivity index (χ2v) is 6.81. The number of carbonyl (C=O) groups is 1. The summed E-state index contributed by atoms with van der Waals surface area (Å²) in [4.78, 5) is 12.1. The quantitative estimate of drug-likeness (QED) is 0.779. The van der Waals surface area contributed by atoms with Gasteiger partial charge >= 0.3 is 0 Å². The highest BCUT2D eigenvalue weighted by Crippen LogP contribution is 2.21. The van der Waals surface area contributed by atoms with Crippen molar-refractivity contribution in [3.63, 3.8) is 0 Å². The van der Waals surface area contributed by atoms with E-state index in [4.69, 9.17) is 0 Å². The zero-order valence-electron chi connectivity index (χ0n) is 12.3. The number of aryl methyl sites for hydroxylation is 2. The molecule has 106 valence electrons. The van der Waals surface area contributed by atoms with Crippen LogP contribution in [0.25, 0.3) is 0 Å². The van der Waals surface area contributed by atoms with Gasteiger partial charge in [0.25, 0.3) is 5.91 Å². The van der Waals surface area contributed by atoms with Crippen molar-refractivity contribution in [1.29, 1.82) is 0 Å². The molecule has 0 fully saturated rings. The molecule has 0 saturated heterocycles. The molecule has 1 aromatic carbocycles. The summed E-state index contributed by atoms with van der Waals surface area (Å²) in [5.74, 6) is 0.0266. The number of nitrogens with one attached hydrogen (secondary N) is 1. The molecule has 1 rings (SSSR count). The van der Waals surface area contributed by atoms with Gasteiger partial charge in [0.15, 0.2) is 0 Å². The van der Waals surface area contributed by atoms with Crippen LogP contribution in [0, 0.1) is 19.3 Å². The third kappa shape index (κ3) is 5.77. The van der Waals surface area contributed by atoms with E-state index in [1.165, 1.54) is 0 Å². The van der Waals surface area contributed by atoms with Crippen molar-refractivity contribution < 1.29 is 4.79 Å². The summed E-state index contributed by atoms with van der Waals surface area (Å²) in [5, 5.41) is 4.06. The Kier molecular flexibility index (Phi) is 6.05. The van der Waals surface area contributed by atoms with Gasteiger partial charge < -0.3 is 5.32 Å². The standard InChI is InChI=1S/C16H24BrNO/c1-12-8-13(2)10-14(9-12)15(19)18-11-16(3,4)6-5-7-17/h8-10H,5-7,11H2,1-4H3,(H,18,19). The predicted octanol–water partition coefficient (Wildman–Crippen LogP) is 4.23. The molecular formula is C16H24BrNO. The highest BCUT2D eigenvalue weighted by molar-refractivity contribution is 9.09. The van der Waals surface area contributed by atoms with Crippen LogP contribution >= 0.6 is 15.9 Å². The third-order valence-corrected chi connectivity index (χ3v) is 3.76. The first kappa shape index (κ1) is 16.2. The van der Waals surface area contributed by atoms with Gasteiger partial charge in [0.1, 0.15) is 0 Å². The summed E-state index contributed by atoms with van der Waals surface area (Å²) in [6, 6.07) is 5.96. The first-order valence-corrected chi connectivity index (χ1v) is 7.89. The van der Waals surface area contributed by atoms with Gasteiger partial charge in [-0.3, -0.25) is 4.79 Å². The second-order valence-electron chi connectivity index (χ2n) is 6.02. The van der Waals surface area contributed by atoms with Crippen LogP contribution in [0.2, 0.25) is 0 Å². The summed E-state index contributed by atoms with van der Waals surface area (Å²) in [5.41, 5.74) is 3.16. The Morgan fingerprint density at radius 1 is 1.21 bits per heavy atom. The summed E-state index contributed by atoms with van der Waals surface area (Å²) in [6.07, 6.45) is 2.23. The Balaban J connectivity index is 2.60. The minimum atomic E-state index is 0.0266. The Hall–Kier alpha value is -0.830. The summed E-state index contributed by atoms with van der Waals surface area (Å²) in [6.45, 7) is 9.13. The number of amides is 1. The minimum absolute atomic E-state index is 0.0266. The van der Waals surface area contributed by atoms with Gasteiger partial charge in [0.2, 0.25) is 0 Å². The molecule has 1 N–H and O–H groups in total. The highest BCUT2D eigenvalue weighted by Gasteiger charge is 2.18. The first-order valence-electron chi connectivity index (χ1n) is 6.76. The van der Waals surface area contributed by atoms with Gasteiger partial charge in [0, 0.05) is 17.4 Å². The maximum absolute atomic E-state index is 12.1. The lowest BCUT2D eigenvalue weighted by atomic mass is 9.88. The van der Waals surface area contributed by atoms with Crippen LogP contribution in [0.15, 0.2) is 18.2 Å². The molecule has 2 nitrogen and oxygen atoms in total. The number of benzene rings is 1. The molecule has 0 unspecified atom stereocenters. The molecule has 0 bridgehead atoms.